The standard InChI is InChI=1S/C22H26N4O3.HI/c1-4-23-22(24-13-16-10-11-19(27-2)20(12-16)28-3)25-14-18-15-29-21(26-18)17-8-6-5-7-9-17;/h5-12,15H,4,13-14H2,1-3H3,(H2,23,24,25);1H. The molecule has 0 bridgehead atoms. The summed E-state index contributed by atoms with van der Waals surface area (Å²) in [5.41, 5.74) is 2.78. The van der Waals surface area contributed by atoms with E-state index in [2.05, 4.69) is 20.6 Å². The molecule has 0 unspecified atom stereocenters. The van der Waals surface area contributed by atoms with Crippen LogP contribution in [0, 0.1) is 0 Å². The third-order valence-corrected chi connectivity index (χ3v) is 4.22. The van der Waals surface area contributed by atoms with E-state index in [0.717, 1.165) is 23.4 Å². The van der Waals surface area contributed by atoms with E-state index in [-0.39, 0.29) is 24.0 Å². The Labute approximate surface area is 193 Å². The Morgan fingerprint density at radius 1 is 1.03 bits per heavy atom. The van der Waals surface area contributed by atoms with Gasteiger partial charge in [-0.15, -0.1) is 24.0 Å². The number of nitrogens with zero attached hydrogens (tertiary/aromatic N) is 2. The summed E-state index contributed by atoms with van der Waals surface area (Å²) >= 11 is 0. The molecular weight excluding hydrogens is 495 g/mol. The van der Waals surface area contributed by atoms with E-state index in [4.69, 9.17) is 13.9 Å². The Kier molecular flexibility index (Phi) is 9.46. The number of ether oxygens (including phenoxy) is 2. The van der Waals surface area contributed by atoms with Crippen molar-refractivity contribution in [1.29, 1.82) is 0 Å². The fourth-order valence-electron chi connectivity index (χ4n) is 2.77. The number of methoxy groups -OCH3 is 2. The van der Waals surface area contributed by atoms with Gasteiger partial charge in [0.15, 0.2) is 17.5 Å². The van der Waals surface area contributed by atoms with Gasteiger partial charge in [-0.3, -0.25) is 0 Å². The summed E-state index contributed by atoms with van der Waals surface area (Å²) in [6.07, 6.45) is 1.66. The van der Waals surface area contributed by atoms with Crippen molar-refractivity contribution >= 4 is 29.9 Å². The summed E-state index contributed by atoms with van der Waals surface area (Å²) in [7, 11) is 3.24. The minimum Gasteiger partial charge on any atom is -0.493 e. The fourth-order valence-corrected chi connectivity index (χ4v) is 2.77. The lowest BCUT2D eigenvalue weighted by molar-refractivity contribution is 0.354. The third kappa shape index (κ3) is 6.38. The summed E-state index contributed by atoms with van der Waals surface area (Å²) in [4.78, 5) is 9.16. The lowest BCUT2D eigenvalue weighted by atomic mass is 10.2. The zero-order chi connectivity index (χ0) is 20.5. The van der Waals surface area contributed by atoms with Crippen LogP contribution < -0.4 is 20.1 Å². The van der Waals surface area contributed by atoms with E-state index in [1.807, 2.05) is 55.5 Å². The zero-order valence-electron chi connectivity index (χ0n) is 17.3. The highest BCUT2D eigenvalue weighted by Crippen LogP contribution is 2.27. The number of oxazole rings is 1. The SMILES string of the molecule is CCNC(=NCc1ccc(OC)c(OC)c1)NCc1coc(-c2ccccc2)n1.I. The molecule has 0 atom stereocenters. The van der Waals surface area contributed by atoms with E-state index in [0.29, 0.717) is 36.4 Å². The minimum absolute atomic E-state index is 0. The molecule has 3 aromatic rings. The van der Waals surface area contributed by atoms with E-state index < -0.39 is 0 Å². The van der Waals surface area contributed by atoms with Crippen LogP contribution in [0.3, 0.4) is 0 Å². The van der Waals surface area contributed by atoms with Crippen LogP contribution in [-0.4, -0.2) is 31.7 Å². The first kappa shape index (κ1) is 23.5. The fraction of sp³-hybridized carbons (Fsp3) is 0.273. The van der Waals surface area contributed by atoms with Crippen LogP contribution in [0.5, 0.6) is 11.5 Å². The van der Waals surface area contributed by atoms with Crippen molar-refractivity contribution in [1.82, 2.24) is 15.6 Å². The van der Waals surface area contributed by atoms with Crippen molar-refractivity contribution < 1.29 is 13.9 Å². The highest BCUT2D eigenvalue weighted by Gasteiger charge is 2.08. The molecule has 1 heterocycles. The molecular formula is C22H27IN4O3. The van der Waals surface area contributed by atoms with Gasteiger partial charge in [0.25, 0.3) is 0 Å². The second kappa shape index (κ2) is 12.1. The van der Waals surface area contributed by atoms with Crippen LogP contribution >= 0.6 is 24.0 Å². The number of aliphatic imine (C=N–C) groups is 1. The monoisotopic (exact) mass is 522 g/mol. The Morgan fingerprint density at radius 3 is 2.50 bits per heavy atom. The van der Waals surface area contributed by atoms with Gasteiger partial charge in [-0.05, 0) is 36.8 Å². The highest BCUT2D eigenvalue weighted by atomic mass is 127. The Bertz CT molecular complexity index is 945. The molecule has 0 spiro atoms. The molecule has 1 aromatic heterocycles. The van der Waals surface area contributed by atoms with Crippen molar-refractivity contribution in [3.05, 3.63) is 66.1 Å². The maximum atomic E-state index is 5.58. The van der Waals surface area contributed by atoms with E-state index in [1.165, 1.54) is 0 Å². The van der Waals surface area contributed by atoms with Gasteiger partial charge in [-0.1, -0.05) is 24.3 Å². The predicted octanol–water partition coefficient (Wildman–Crippen LogP) is 4.23. The number of hydrogen-bond acceptors (Lipinski definition) is 5. The minimum atomic E-state index is 0. The van der Waals surface area contributed by atoms with Gasteiger partial charge in [-0.2, -0.15) is 0 Å². The topological polar surface area (TPSA) is 80.9 Å². The number of guanidine groups is 1. The van der Waals surface area contributed by atoms with Crippen molar-refractivity contribution in [2.45, 2.75) is 20.0 Å². The maximum Gasteiger partial charge on any atom is 0.226 e. The van der Waals surface area contributed by atoms with E-state index in [9.17, 15) is 0 Å². The van der Waals surface area contributed by atoms with Crippen LogP contribution in [-0.2, 0) is 13.1 Å². The average Bonchev–Trinajstić information content (AvgIpc) is 3.25. The first-order chi connectivity index (χ1) is 14.2. The molecule has 0 aliphatic rings. The third-order valence-electron chi connectivity index (χ3n) is 4.22. The van der Waals surface area contributed by atoms with Crippen molar-refractivity contribution in [2.24, 2.45) is 4.99 Å². The van der Waals surface area contributed by atoms with Gasteiger partial charge in [0.1, 0.15) is 6.26 Å². The molecule has 0 saturated carbocycles. The molecule has 0 amide bonds. The molecule has 160 valence electrons. The number of halogens is 1. The van der Waals surface area contributed by atoms with E-state index >= 15 is 0 Å². The average molecular weight is 522 g/mol. The van der Waals surface area contributed by atoms with Crippen LogP contribution in [0.1, 0.15) is 18.2 Å². The molecule has 7 nitrogen and oxygen atoms in total. The van der Waals surface area contributed by atoms with Crippen molar-refractivity contribution in [3.63, 3.8) is 0 Å². The molecule has 3 rings (SSSR count). The quantitative estimate of drug-likeness (QED) is 0.262. The summed E-state index contributed by atoms with van der Waals surface area (Å²) < 4.78 is 16.2. The van der Waals surface area contributed by atoms with Crippen LogP contribution in [0.2, 0.25) is 0 Å². The zero-order valence-corrected chi connectivity index (χ0v) is 19.7. The Hall–Kier alpha value is -2.75. The Balaban J connectivity index is 0.00000320. The molecule has 0 fully saturated rings. The number of benzene rings is 2. The largest absolute Gasteiger partial charge is 0.493 e. The molecule has 8 heteroatoms. The van der Waals surface area contributed by atoms with Gasteiger partial charge in [-0.25, -0.2) is 9.98 Å². The molecule has 0 saturated heterocycles. The van der Waals surface area contributed by atoms with E-state index in [1.54, 1.807) is 20.5 Å². The van der Waals surface area contributed by atoms with Crippen LogP contribution in [0.25, 0.3) is 11.5 Å². The van der Waals surface area contributed by atoms with Gasteiger partial charge in [0, 0.05) is 12.1 Å². The summed E-state index contributed by atoms with van der Waals surface area (Å²) in [5, 5.41) is 6.52. The second-order valence-corrected chi connectivity index (χ2v) is 6.25. The van der Waals surface area contributed by atoms with Gasteiger partial charge in [0.05, 0.1) is 33.0 Å². The van der Waals surface area contributed by atoms with Crippen molar-refractivity contribution in [2.75, 3.05) is 20.8 Å². The highest BCUT2D eigenvalue weighted by molar-refractivity contribution is 14.0. The number of aromatic nitrogens is 1. The smallest absolute Gasteiger partial charge is 0.226 e. The Morgan fingerprint density at radius 2 is 1.80 bits per heavy atom. The first-order valence-corrected chi connectivity index (χ1v) is 9.46. The van der Waals surface area contributed by atoms with Gasteiger partial charge < -0.3 is 24.5 Å². The molecule has 0 aliphatic heterocycles. The summed E-state index contributed by atoms with van der Waals surface area (Å²) in [6, 6.07) is 15.6. The van der Waals surface area contributed by atoms with Crippen LogP contribution in [0.15, 0.2) is 64.2 Å². The predicted molar refractivity (Wildman–Crippen MR) is 129 cm³/mol. The van der Waals surface area contributed by atoms with Gasteiger partial charge in [0.2, 0.25) is 5.89 Å². The molecule has 0 radical (unpaired) electrons. The number of hydrogen-bond donors (Lipinski definition) is 2. The normalized spacial score (nSPS) is 10.8. The van der Waals surface area contributed by atoms with Crippen molar-refractivity contribution in [3.8, 4) is 23.0 Å². The second-order valence-electron chi connectivity index (χ2n) is 6.25. The molecule has 2 aromatic carbocycles. The van der Waals surface area contributed by atoms with Gasteiger partial charge >= 0.3 is 0 Å². The summed E-state index contributed by atoms with van der Waals surface area (Å²) in [6.45, 7) is 3.79. The summed E-state index contributed by atoms with van der Waals surface area (Å²) in [5.74, 6) is 2.70. The molecule has 0 aliphatic carbocycles. The first-order valence-electron chi connectivity index (χ1n) is 9.46. The number of nitrogens with one attached hydrogen (secondary N) is 2. The molecule has 2 N–H and O–H groups in total. The van der Waals surface area contributed by atoms with Crippen LogP contribution in [0.4, 0.5) is 0 Å². The number of rotatable bonds is 8. The maximum absolute atomic E-state index is 5.58. The molecule has 30 heavy (non-hydrogen) atoms. The lowest BCUT2D eigenvalue weighted by Gasteiger charge is -2.11. The lowest BCUT2D eigenvalue weighted by Crippen LogP contribution is -2.36.